The van der Waals surface area contributed by atoms with Crippen LogP contribution in [0.15, 0.2) is 0 Å². The average molecular weight is 314 g/mol. The third-order valence-corrected chi connectivity index (χ3v) is 4.17. The summed E-state index contributed by atoms with van der Waals surface area (Å²) < 4.78 is 0. The molecule has 0 aliphatic carbocycles. The SMILES string of the molecule is CC(C)C[C@H](CO)NC(=O)NCc1nnc(C(C)(C)C)s1. The fourth-order valence-corrected chi connectivity index (χ4v) is 2.61. The Hall–Kier alpha value is -1.21. The summed E-state index contributed by atoms with van der Waals surface area (Å²) in [5.41, 5.74) is -0.0303. The van der Waals surface area contributed by atoms with E-state index in [4.69, 9.17) is 0 Å². The number of nitrogens with one attached hydrogen (secondary N) is 2. The number of carbonyl (C=O) groups is 1. The predicted octanol–water partition coefficient (Wildman–Crippen LogP) is 2.04. The second-order valence-electron chi connectivity index (χ2n) is 6.59. The van der Waals surface area contributed by atoms with Gasteiger partial charge in [-0.25, -0.2) is 4.79 Å². The highest BCUT2D eigenvalue weighted by Crippen LogP contribution is 2.25. The van der Waals surface area contributed by atoms with E-state index in [1.807, 2.05) is 0 Å². The third-order valence-electron chi connectivity index (χ3n) is 2.82. The van der Waals surface area contributed by atoms with Gasteiger partial charge in [0.25, 0.3) is 0 Å². The van der Waals surface area contributed by atoms with Gasteiger partial charge in [-0.05, 0) is 12.3 Å². The maximum Gasteiger partial charge on any atom is 0.315 e. The Bertz CT molecular complexity index is 454. The molecule has 1 aromatic rings. The molecule has 0 aliphatic heterocycles. The van der Waals surface area contributed by atoms with Crippen LogP contribution in [0.4, 0.5) is 4.79 Å². The normalized spacial score (nSPS) is 13.3. The van der Waals surface area contributed by atoms with Crippen molar-refractivity contribution in [2.24, 2.45) is 5.92 Å². The van der Waals surface area contributed by atoms with Gasteiger partial charge in [0.05, 0.1) is 19.2 Å². The van der Waals surface area contributed by atoms with Gasteiger partial charge in [0.2, 0.25) is 0 Å². The molecule has 2 amide bonds. The van der Waals surface area contributed by atoms with Crippen LogP contribution in [0.2, 0.25) is 0 Å². The largest absolute Gasteiger partial charge is 0.394 e. The van der Waals surface area contributed by atoms with Gasteiger partial charge in [0.15, 0.2) is 0 Å². The van der Waals surface area contributed by atoms with Crippen molar-refractivity contribution >= 4 is 17.4 Å². The van der Waals surface area contributed by atoms with E-state index in [-0.39, 0.29) is 24.1 Å². The van der Waals surface area contributed by atoms with Crippen molar-refractivity contribution in [2.75, 3.05) is 6.61 Å². The molecular formula is C14H26N4O2S. The monoisotopic (exact) mass is 314 g/mol. The first-order chi connectivity index (χ1) is 9.72. The highest BCUT2D eigenvalue weighted by Gasteiger charge is 2.19. The second kappa shape index (κ2) is 7.70. The lowest BCUT2D eigenvalue weighted by atomic mass is 9.98. The highest BCUT2D eigenvalue weighted by atomic mass is 32.1. The molecule has 0 bridgehead atoms. The van der Waals surface area contributed by atoms with Crippen LogP contribution in [-0.2, 0) is 12.0 Å². The Balaban J connectivity index is 2.44. The fourth-order valence-electron chi connectivity index (χ4n) is 1.77. The van der Waals surface area contributed by atoms with Gasteiger partial charge < -0.3 is 15.7 Å². The van der Waals surface area contributed by atoms with Crippen LogP contribution >= 0.6 is 11.3 Å². The molecule has 120 valence electrons. The zero-order valence-corrected chi connectivity index (χ0v) is 14.3. The Kier molecular flexibility index (Phi) is 6.54. The molecule has 1 rings (SSSR count). The molecule has 0 aliphatic rings. The van der Waals surface area contributed by atoms with Crippen LogP contribution in [0, 0.1) is 5.92 Å². The molecular weight excluding hydrogens is 288 g/mol. The molecule has 0 aromatic carbocycles. The molecule has 1 heterocycles. The van der Waals surface area contributed by atoms with Crippen LogP contribution in [0.3, 0.4) is 0 Å². The number of aromatic nitrogens is 2. The minimum Gasteiger partial charge on any atom is -0.394 e. The number of urea groups is 1. The van der Waals surface area contributed by atoms with Gasteiger partial charge in [-0.15, -0.1) is 10.2 Å². The molecule has 0 spiro atoms. The van der Waals surface area contributed by atoms with Gasteiger partial charge in [0.1, 0.15) is 10.0 Å². The summed E-state index contributed by atoms with van der Waals surface area (Å²) >= 11 is 1.50. The number of carbonyl (C=O) groups excluding carboxylic acids is 1. The highest BCUT2D eigenvalue weighted by molar-refractivity contribution is 7.11. The minimum absolute atomic E-state index is 0.0303. The summed E-state index contributed by atoms with van der Waals surface area (Å²) in [5.74, 6) is 0.417. The molecule has 3 N–H and O–H groups in total. The van der Waals surface area contributed by atoms with Crippen molar-refractivity contribution in [1.82, 2.24) is 20.8 Å². The fraction of sp³-hybridized carbons (Fsp3) is 0.786. The zero-order chi connectivity index (χ0) is 16.0. The number of hydrogen-bond donors (Lipinski definition) is 3. The molecule has 6 nitrogen and oxygen atoms in total. The molecule has 0 fully saturated rings. The van der Waals surface area contributed by atoms with Crippen LogP contribution in [0.25, 0.3) is 0 Å². The molecule has 1 aromatic heterocycles. The summed E-state index contributed by atoms with van der Waals surface area (Å²) in [5, 5.41) is 24.7. The number of rotatable bonds is 6. The van der Waals surface area contributed by atoms with Gasteiger partial charge >= 0.3 is 6.03 Å². The van der Waals surface area contributed by atoms with Crippen LogP contribution in [0.1, 0.15) is 51.1 Å². The Morgan fingerprint density at radius 2 is 2.00 bits per heavy atom. The van der Waals surface area contributed by atoms with Crippen LogP contribution in [-0.4, -0.2) is 34.0 Å². The van der Waals surface area contributed by atoms with Crippen molar-refractivity contribution in [3.63, 3.8) is 0 Å². The number of nitrogens with zero attached hydrogens (tertiary/aromatic N) is 2. The van der Waals surface area contributed by atoms with Gasteiger partial charge in [-0.1, -0.05) is 46.0 Å². The van der Waals surface area contributed by atoms with Crippen molar-refractivity contribution in [2.45, 2.75) is 59.0 Å². The number of aliphatic hydroxyl groups excluding tert-OH is 1. The van der Waals surface area contributed by atoms with E-state index in [1.165, 1.54) is 11.3 Å². The smallest absolute Gasteiger partial charge is 0.315 e. The Labute approximate surface area is 130 Å². The number of hydrogen-bond acceptors (Lipinski definition) is 5. The van der Waals surface area contributed by atoms with E-state index in [1.54, 1.807) is 0 Å². The summed E-state index contributed by atoms with van der Waals surface area (Å²) in [6.45, 7) is 10.6. The van der Waals surface area contributed by atoms with E-state index in [0.717, 1.165) is 16.4 Å². The quantitative estimate of drug-likeness (QED) is 0.750. The lowest BCUT2D eigenvalue weighted by Crippen LogP contribution is -2.44. The zero-order valence-electron chi connectivity index (χ0n) is 13.4. The van der Waals surface area contributed by atoms with Gasteiger partial charge in [0, 0.05) is 5.41 Å². The summed E-state index contributed by atoms with van der Waals surface area (Å²) in [4.78, 5) is 11.8. The lowest BCUT2D eigenvalue weighted by molar-refractivity contribution is 0.206. The van der Waals surface area contributed by atoms with E-state index in [0.29, 0.717) is 12.5 Å². The predicted molar refractivity (Wildman–Crippen MR) is 84.3 cm³/mol. The van der Waals surface area contributed by atoms with Crippen molar-refractivity contribution in [3.8, 4) is 0 Å². The molecule has 0 radical (unpaired) electrons. The van der Waals surface area contributed by atoms with Gasteiger partial charge in [-0.3, -0.25) is 0 Å². The van der Waals surface area contributed by atoms with E-state index in [2.05, 4.69) is 55.4 Å². The van der Waals surface area contributed by atoms with E-state index < -0.39 is 0 Å². The van der Waals surface area contributed by atoms with Crippen LogP contribution in [0.5, 0.6) is 0 Å². The first-order valence-corrected chi connectivity index (χ1v) is 8.02. The standard InChI is InChI=1S/C14H26N4O2S/c1-9(2)6-10(8-19)16-13(20)15-7-11-17-18-12(21-11)14(3,4)5/h9-10,19H,6-8H2,1-5H3,(H2,15,16,20)/t10-/m1/s1. The average Bonchev–Trinajstić information content (AvgIpc) is 2.83. The molecule has 1 atom stereocenters. The molecule has 0 saturated heterocycles. The first kappa shape index (κ1) is 17.8. The molecule has 21 heavy (non-hydrogen) atoms. The number of aliphatic hydroxyl groups is 1. The van der Waals surface area contributed by atoms with Crippen molar-refractivity contribution in [3.05, 3.63) is 10.0 Å². The first-order valence-electron chi connectivity index (χ1n) is 7.20. The molecule has 0 unspecified atom stereocenters. The Morgan fingerprint density at radius 1 is 1.33 bits per heavy atom. The summed E-state index contributed by atoms with van der Waals surface area (Å²) in [7, 11) is 0. The summed E-state index contributed by atoms with van der Waals surface area (Å²) in [6, 6.07) is -0.508. The molecule has 0 saturated carbocycles. The number of amides is 2. The minimum atomic E-state index is -0.290. The van der Waals surface area contributed by atoms with Gasteiger partial charge in [-0.2, -0.15) is 0 Å². The Morgan fingerprint density at radius 3 is 2.48 bits per heavy atom. The summed E-state index contributed by atoms with van der Waals surface area (Å²) in [6.07, 6.45) is 0.747. The van der Waals surface area contributed by atoms with Crippen molar-refractivity contribution < 1.29 is 9.90 Å². The van der Waals surface area contributed by atoms with Crippen molar-refractivity contribution in [1.29, 1.82) is 0 Å². The topological polar surface area (TPSA) is 87.1 Å². The van der Waals surface area contributed by atoms with E-state index in [9.17, 15) is 9.90 Å². The van der Waals surface area contributed by atoms with Crippen LogP contribution < -0.4 is 10.6 Å². The van der Waals surface area contributed by atoms with E-state index >= 15 is 0 Å². The maximum absolute atomic E-state index is 11.8. The third kappa shape index (κ3) is 6.39. The lowest BCUT2D eigenvalue weighted by Gasteiger charge is -2.18. The molecule has 7 heteroatoms. The second-order valence-corrected chi connectivity index (χ2v) is 7.65. The maximum atomic E-state index is 11.8.